The maximum absolute atomic E-state index is 12.6. The van der Waals surface area contributed by atoms with E-state index in [1.54, 1.807) is 19.1 Å². The molecular formula is C15H13NO6S. The Morgan fingerprint density at radius 3 is 2.26 bits per heavy atom. The van der Waals surface area contributed by atoms with Crippen LogP contribution in [-0.2, 0) is 14.6 Å². The minimum absolute atomic E-state index is 0.0583. The molecule has 0 fully saturated rings. The average molecular weight is 335 g/mol. The zero-order valence-electron chi connectivity index (χ0n) is 12.3. The highest BCUT2D eigenvalue weighted by Gasteiger charge is 2.28. The SMILES string of the molecule is COC(=O)c1ccc(S(=O)(=O)c2ccc(C)cc2)c([N+](=O)[O-])c1. The van der Waals surface area contributed by atoms with Gasteiger partial charge in [-0.3, -0.25) is 10.1 Å². The van der Waals surface area contributed by atoms with Crippen molar-refractivity contribution in [3.05, 3.63) is 63.7 Å². The second kappa shape index (κ2) is 6.17. The highest BCUT2D eigenvalue weighted by Crippen LogP contribution is 2.30. The van der Waals surface area contributed by atoms with E-state index in [0.29, 0.717) is 0 Å². The molecule has 2 aromatic carbocycles. The third-order valence-corrected chi connectivity index (χ3v) is 5.01. The van der Waals surface area contributed by atoms with Gasteiger partial charge in [0.25, 0.3) is 5.69 Å². The molecule has 0 N–H and O–H groups in total. The topological polar surface area (TPSA) is 104 Å². The van der Waals surface area contributed by atoms with Gasteiger partial charge in [-0.25, -0.2) is 13.2 Å². The number of carbonyl (C=O) groups excluding carboxylic acids is 1. The molecule has 0 saturated heterocycles. The van der Waals surface area contributed by atoms with Crippen LogP contribution in [0.5, 0.6) is 0 Å². The summed E-state index contributed by atoms with van der Waals surface area (Å²) in [6.45, 7) is 1.80. The number of nitro groups is 1. The lowest BCUT2D eigenvalue weighted by Crippen LogP contribution is -2.08. The van der Waals surface area contributed by atoms with Crippen molar-refractivity contribution in [2.45, 2.75) is 16.7 Å². The molecule has 0 aliphatic heterocycles. The summed E-state index contributed by atoms with van der Waals surface area (Å²) in [5.41, 5.74) is 0.0926. The van der Waals surface area contributed by atoms with Gasteiger partial charge in [0.15, 0.2) is 0 Å². The van der Waals surface area contributed by atoms with Gasteiger partial charge >= 0.3 is 5.97 Å². The molecule has 0 radical (unpaired) electrons. The van der Waals surface area contributed by atoms with Crippen LogP contribution >= 0.6 is 0 Å². The fraction of sp³-hybridized carbons (Fsp3) is 0.133. The van der Waals surface area contributed by atoms with Gasteiger partial charge in [0.05, 0.1) is 22.5 Å². The highest BCUT2D eigenvalue weighted by atomic mass is 32.2. The van der Waals surface area contributed by atoms with Gasteiger partial charge in [0.1, 0.15) is 4.90 Å². The van der Waals surface area contributed by atoms with Gasteiger partial charge < -0.3 is 4.74 Å². The molecule has 0 heterocycles. The molecule has 0 aromatic heterocycles. The molecule has 120 valence electrons. The summed E-state index contributed by atoms with van der Waals surface area (Å²) in [5.74, 6) is -0.785. The van der Waals surface area contributed by atoms with Crippen molar-refractivity contribution in [2.75, 3.05) is 7.11 Å². The minimum Gasteiger partial charge on any atom is -0.465 e. The molecule has 7 nitrogen and oxygen atoms in total. The van der Waals surface area contributed by atoms with Crippen LogP contribution in [0, 0.1) is 17.0 Å². The number of ether oxygens (including phenoxy) is 1. The number of nitro benzene ring substituents is 1. The monoisotopic (exact) mass is 335 g/mol. The molecule has 2 aromatic rings. The molecule has 0 spiro atoms. The first-order valence-electron chi connectivity index (χ1n) is 6.46. The molecule has 2 rings (SSSR count). The number of carbonyl (C=O) groups is 1. The third kappa shape index (κ3) is 3.21. The number of methoxy groups -OCH3 is 1. The Morgan fingerprint density at radius 2 is 1.74 bits per heavy atom. The molecule has 0 aliphatic rings. The quantitative estimate of drug-likeness (QED) is 0.483. The normalized spacial score (nSPS) is 11.0. The first-order chi connectivity index (χ1) is 10.8. The van der Waals surface area contributed by atoms with Crippen molar-refractivity contribution in [2.24, 2.45) is 0 Å². The largest absolute Gasteiger partial charge is 0.465 e. The van der Waals surface area contributed by atoms with Crippen LogP contribution in [0.2, 0.25) is 0 Å². The number of hydrogen-bond donors (Lipinski definition) is 0. The third-order valence-electron chi connectivity index (χ3n) is 3.20. The predicted molar refractivity (Wildman–Crippen MR) is 81.1 cm³/mol. The Hall–Kier alpha value is -2.74. The van der Waals surface area contributed by atoms with Gasteiger partial charge in [0, 0.05) is 6.07 Å². The fourth-order valence-electron chi connectivity index (χ4n) is 1.98. The van der Waals surface area contributed by atoms with E-state index in [1.807, 2.05) is 0 Å². The van der Waals surface area contributed by atoms with Gasteiger partial charge in [-0.15, -0.1) is 0 Å². The van der Waals surface area contributed by atoms with Crippen LogP contribution in [0.1, 0.15) is 15.9 Å². The predicted octanol–water partition coefficient (Wildman–Crippen LogP) is 2.52. The van der Waals surface area contributed by atoms with Crippen molar-refractivity contribution < 1.29 is 22.9 Å². The molecule has 0 atom stereocenters. The standard InChI is InChI=1S/C15H13NO6S/c1-10-3-6-12(7-4-10)23(20,21)14-8-5-11(15(17)22-2)9-13(14)16(18)19/h3-9H,1-2H3. The van der Waals surface area contributed by atoms with Crippen LogP contribution in [0.4, 0.5) is 5.69 Å². The molecule has 0 saturated carbocycles. The Morgan fingerprint density at radius 1 is 1.13 bits per heavy atom. The first kappa shape index (κ1) is 16.6. The maximum atomic E-state index is 12.6. The molecular weight excluding hydrogens is 322 g/mol. The van der Waals surface area contributed by atoms with Gasteiger partial charge in [-0.2, -0.15) is 0 Å². The van der Waals surface area contributed by atoms with E-state index in [0.717, 1.165) is 24.8 Å². The summed E-state index contributed by atoms with van der Waals surface area (Å²) < 4.78 is 29.7. The maximum Gasteiger partial charge on any atom is 0.338 e. The molecule has 0 unspecified atom stereocenters. The summed E-state index contributed by atoms with van der Waals surface area (Å²) in [6, 6.07) is 9.07. The molecule has 0 bridgehead atoms. The van der Waals surface area contributed by atoms with E-state index in [-0.39, 0.29) is 10.5 Å². The zero-order chi connectivity index (χ0) is 17.2. The fourth-order valence-corrected chi connectivity index (χ4v) is 3.38. The summed E-state index contributed by atoms with van der Waals surface area (Å²) in [5, 5.41) is 11.2. The van der Waals surface area contributed by atoms with Gasteiger partial charge in [0.2, 0.25) is 9.84 Å². The Bertz CT molecular complexity index is 871. The second-order valence-corrected chi connectivity index (χ2v) is 6.67. The molecule has 0 aliphatic carbocycles. The van der Waals surface area contributed by atoms with Crippen molar-refractivity contribution in [1.82, 2.24) is 0 Å². The summed E-state index contributed by atoms with van der Waals surface area (Å²) >= 11 is 0. The van der Waals surface area contributed by atoms with E-state index >= 15 is 0 Å². The smallest absolute Gasteiger partial charge is 0.338 e. The van der Waals surface area contributed by atoms with E-state index in [2.05, 4.69) is 4.74 Å². The molecule has 8 heteroatoms. The molecule has 23 heavy (non-hydrogen) atoms. The van der Waals surface area contributed by atoms with Crippen LogP contribution in [0.15, 0.2) is 52.3 Å². The number of sulfone groups is 1. The zero-order valence-corrected chi connectivity index (χ0v) is 13.2. The van der Waals surface area contributed by atoms with Gasteiger partial charge in [-0.1, -0.05) is 17.7 Å². The van der Waals surface area contributed by atoms with E-state index in [1.165, 1.54) is 18.2 Å². The van der Waals surface area contributed by atoms with E-state index in [4.69, 9.17) is 0 Å². The Balaban J connectivity index is 2.64. The van der Waals surface area contributed by atoms with Crippen molar-refractivity contribution >= 4 is 21.5 Å². The van der Waals surface area contributed by atoms with Crippen molar-refractivity contribution in [3.63, 3.8) is 0 Å². The first-order valence-corrected chi connectivity index (χ1v) is 7.94. The second-order valence-electron chi connectivity index (χ2n) is 4.75. The lowest BCUT2D eigenvalue weighted by Gasteiger charge is -2.07. The van der Waals surface area contributed by atoms with Gasteiger partial charge in [-0.05, 0) is 31.2 Å². The Kier molecular flexibility index (Phi) is 4.46. The average Bonchev–Trinajstić information content (AvgIpc) is 2.53. The number of nitrogens with zero attached hydrogens (tertiary/aromatic N) is 1. The summed E-state index contributed by atoms with van der Waals surface area (Å²) in [7, 11) is -2.94. The lowest BCUT2D eigenvalue weighted by molar-refractivity contribution is -0.387. The Labute approximate surface area is 132 Å². The highest BCUT2D eigenvalue weighted by molar-refractivity contribution is 7.91. The number of rotatable bonds is 4. The number of aryl methyl sites for hydroxylation is 1. The number of benzene rings is 2. The summed E-state index contributed by atoms with van der Waals surface area (Å²) in [4.78, 5) is 21.3. The van der Waals surface area contributed by atoms with E-state index < -0.39 is 31.3 Å². The lowest BCUT2D eigenvalue weighted by atomic mass is 10.2. The van der Waals surface area contributed by atoms with E-state index in [9.17, 15) is 23.3 Å². The minimum atomic E-state index is -4.07. The number of esters is 1. The summed E-state index contributed by atoms with van der Waals surface area (Å²) in [6.07, 6.45) is 0. The van der Waals surface area contributed by atoms with Crippen LogP contribution < -0.4 is 0 Å². The van der Waals surface area contributed by atoms with Crippen LogP contribution in [-0.4, -0.2) is 26.4 Å². The van der Waals surface area contributed by atoms with Crippen molar-refractivity contribution in [3.8, 4) is 0 Å². The number of hydrogen-bond acceptors (Lipinski definition) is 6. The van der Waals surface area contributed by atoms with Crippen LogP contribution in [0.25, 0.3) is 0 Å². The molecule has 0 amide bonds. The van der Waals surface area contributed by atoms with Crippen molar-refractivity contribution in [1.29, 1.82) is 0 Å². The van der Waals surface area contributed by atoms with Crippen LogP contribution in [0.3, 0.4) is 0 Å².